The lowest BCUT2D eigenvalue weighted by Crippen LogP contribution is -2.54. The lowest BCUT2D eigenvalue weighted by Gasteiger charge is -2.47. The number of hydrogen-bond donors (Lipinski definition) is 3. The molecule has 7 heteroatoms. The minimum atomic E-state index is -1.13. The number of aliphatic carboxylic acids is 1. The fourth-order valence-corrected chi connectivity index (χ4v) is 4.84. The van der Waals surface area contributed by atoms with Crippen molar-refractivity contribution in [3.05, 3.63) is 69.7 Å². The summed E-state index contributed by atoms with van der Waals surface area (Å²) in [5.41, 5.74) is 0.676. The summed E-state index contributed by atoms with van der Waals surface area (Å²) in [6.45, 7) is 1.72. The first kappa shape index (κ1) is 22.6. The molecule has 5 nitrogen and oxygen atoms in total. The van der Waals surface area contributed by atoms with E-state index < -0.39 is 11.4 Å². The van der Waals surface area contributed by atoms with Crippen LogP contribution >= 0.6 is 23.2 Å². The Hall–Kier alpha value is -2.08. The lowest BCUT2D eigenvalue weighted by atomic mass is 9.61. The Morgan fingerprint density at radius 3 is 2.47 bits per heavy atom. The van der Waals surface area contributed by atoms with Gasteiger partial charge in [0.05, 0.1) is 17.9 Å². The zero-order valence-electron chi connectivity index (χ0n) is 16.6. The van der Waals surface area contributed by atoms with E-state index in [0.29, 0.717) is 22.9 Å². The average molecular weight is 450 g/mol. The van der Waals surface area contributed by atoms with E-state index in [1.54, 1.807) is 18.2 Å². The van der Waals surface area contributed by atoms with Gasteiger partial charge in [-0.3, -0.25) is 9.59 Å². The standard InChI is InChI=1S/C23H25Cl2NO4/c1-14(9-10-27)23(13-20(28)29)12-19(16-3-2-4-18(25)11-16)21(26-22(23)30)15-5-7-17(24)8-6-15/h2-8,11,14,19,21,27H,9-10,12-13H2,1H3,(H,26,30)(H,28,29)/t14-,19+,21+,23+/m0/s1. The Balaban J connectivity index is 2.10. The molecule has 2 aromatic rings. The number of carboxylic acid groups (broad SMARTS) is 1. The Kier molecular flexibility index (Phi) is 7.06. The second-order valence-electron chi connectivity index (χ2n) is 8.01. The van der Waals surface area contributed by atoms with E-state index in [4.69, 9.17) is 23.2 Å². The highest BCUT2D eigenvalue weighted by Gasteiger charge is 2.52. The number of aliphatic hydroxyl groups excluding tert-OH is 1. The van der Waals surface area contributed by atoms with Crippen LogP contribution in [0.15, 0.2) is 48.5 Å². The summed E-state index contributed by atoms with van der Waals surface area (Å²) < 4.78 is 0. The van der Waals surface area contributed by atoms with Gasteiger partial charge in [-0.2, -0.15) is 0 Å². The van der Waals surface area contributed by atoms with Crippen LogP contribution < -0.4 is 5.32 Å². The molecular weight excluding hydrogens is 425 g/mol. The van der Waals surface area contributed by atoms with Crippen molar-refractivity contribution in [1.82, 2.24) is 5.32 Å². The maximum atomic E-state index is 13.4. The molecule has 4 atom stereocenters. The first-order valence-electron chi connectivity index (χ1n) is 9.91. The molecule has 0 saturated carbocycles. The molecule has 1 saturated heterocycles. The van der Waals surface area contributed by atoms with Crippen molar-refractivity contribution in [2.75, 3.05) is 6.61 Å². The normalized spacial score (nSPS) is 24.9. The number of carboxylic acids is 1. The molecule has 2 aromatic carbocycles. The van der Waals surface area contributed by atoms with Crippen LogP contribution in [0.25, 0.3) is 0 Å². The number of rotatable bonds is 7. The predicted octanol–water partition coefficient (Wildman–Crippen LogP) is 4.82. The average Bonchev–Trinajstić information content (AvgIpc) is 2.69. The number of nitrogens with one attached hydrogen (secondary N) is 1. The fraction of sp³-hybridized carbons (Fsp3) is 0.391. The van der Waals surface area contributed by atoms with Crippen molar-refractivity contribution >= 4 is 35.1 Å². The van der Waals surface area contributed by atoms with Crippen molar-refractivity contribution in [1.29, 1.82) is 0 Å². The van der Waals surface area contributed by atoms with Gasteiger partial charge in [0.2, 0.25) is 5.91 Å². The molecule has 1 amide bonds. The van der Waals surface area contributed by atoms with E-state index in [9.17, 15) is 19.8 Å². The highest BCUT2D eigenvalue weighted by molar-refractivity contribution is 6.30. The van der Waals surface area contributed by atoms with Gasteiger partial charge in [0.15, 0.2) is 0 Å². The number of carbonyl (C=O) groups excluding carboxylic acids is 1. The third kappa shape index (κ3) is 4.64. The van der Waals surface area contributed by atoms with E-state index in [2.05, 4.69) is 5.32 Å². The molecule has 1 aliphatic rings. The van der Waals surface area contributed by atoms with E-state index in [0.717, 1.165) is 11.1 Å². The van der Waals surface area contributed by atoms with Crippen LogP contribution in [-0.2, 0) is 9.59 Å². The van der Waals surface area contributed by atoms with Gasteiger partial charge < -0.3 is 15.5 Å². The molecule has 1 heterocycles. The molecule has 30 heavy (non-hydrogen) atoms. The third-order valence-corrected chi connectivity index (χ3v) is 6.69. The molecule has 0 unspecified atom stereocenters. The third-order valence-electron chi connectivity index (χ3n) is 6.20. The maximum Gasteiger partial charge on any atom is 0.304 e. The van der Waals surface area contributed by atoms with Crippen LogP contribution in [0.2, 0.25) is 10.0 Å². The number of aliphatic hydroxyl groups is 1. The molecule has 1 aliphatic heterocycles. The predicted molar refractivity (Wildman–Crippen MR) is 117 cm³/mol. The molecular formula is C23H25Cl2NO4. The van der Waals surface area contributed by atoms with Crippen LogP contribution in [0.3, 0.4) is 0 Å². The molecule has 0 aromatic heterocycles. The minimum Gasteiger partial charge on any atom is -0.481 e. The Morgan fingerprint density at radius 2 is 1.87 bits per heavy atom. The smallest absolute Gasteiger partial charge is 0.304 e. The van der Waals surface area contributed by atoms with Gasteiger partial charge in [-0.25, -0.2) is 0 Å². The Bertz CT molecular complexity index is 918. The van der Waals surface area contributed by atoms with Gasteiger partial charge in [0.1, 0.15) is 0 Å². The number of piperidine rings is 1. The van der Waals surface area contributed by atoms with Gasteiger partial charge >= 0.3 is 5.97 Å². The fourth-order valence-electron chi connectivity index (χ4n) is 4.51. The van der Waals surface area contributed by atoms with E-state index in [1.807, 2.05) is 37.3 Å². The second kappa shape index (κ2) is 9.38. The SMILES string of the molecule is C[C@@H](CCO)[C@]1(CC(=O)O)C[C@H](c2cccc(Cl)c2)[C@@H](c2ccc(Cl)cc2)NC1=O. The molecule has 0 aliphatic carbocycles. The molecule has 0 spiro atoms. The van der Waals surface area contributed by atoms with Crippen molar-refractivity contribution in [3.63, 3.8) is 0 Å². The maximum absolute atomic E-state index is 13.4. The van der Waals surface area contributed by atoms with Gasteiger partial charge in [-0.1, -0.05) is 54.4 Å². The van der Waals surface area contributed by atoms with Crippen LogP contribution in [0, 0.1) is 11.3 Å². The number of hydrogen-bond acceptors (Lipinski definition) is 3. The van der Waals surface area contributed by atoms with Crippen molar-refractivity contribution in [3.8, 4) is 0 Å². The minimum absolute atomic E-state index is 0.113. The summed E-state index contributed by atoms with van der Waals surface area (Å²) in [5.74, 6) is -1.84. The second-order valence-corrected chi connectivity index (χ2v) is 8.88. The zero-order valence-corrected chi connectivity index (χ0v) is 18.2. The highest BCUT2D eigenvalue weighted by atomic mass is 35.5. The zero-order chi connectivity index (χ0) is 21.9. The Morgan fingerprint density at radius 1 is 1.17 bits per heavy atom. The number of carbonyl (C=O) groups is 2. The molecule has 3 N–H and O–H groups in total. The van der Waals surface area contributed by atoms with Gasteiger partial charge in [-0.15, -0.1) is 0 Å². The first-order valence-corrected chi connectivity index (χ1v) is 10.7. The van der Waals surface area contributed by atoms with Crippen molar-refractivity contribution in [2.45, 2.75) is 38.1 Å². The van der Waals surface area contributed by atoms with Crippen LogP contribution in [0.1, 0.15) is 49.3 Å². The summed E-state index contributed by atoms with van der Waals surface area (Å²) in [4.78, 5) is 25.1. The summed E-state index contributed by atoms with van der Waals surface area (Å²) in [6.07, 6.45) is 0.374. The van der Waals surface area contributed by atoms with E-state index in [1.165, 1.54) is 0 Å². The number of benzene rings is 2. The van der Waals surface area contributed by atoms with Crippen molar-refractivity contribution < 1.29 is 19.8 Å². The summed E-state index contributed by atoms with van der Waals surface area (Å²) in [6, 6.07) is 14.4. The number of amides is 1. The summed E-state index contributed by atoms with van der Waals surface area (Å²) >= 11 is 12.3. The summed E-state index contributed by atoms with van der Waals surface area (Å²) in [7, 11) is 0. The quantitative estimate of drug-likeness (QED) is 0.565. The van der Waals surface area contributed by atoms with Crippen LogP contribution in [-0.4, -0.2) is 28.7 Å². The topological polar surface area (TPSA) is 86.6 Å². The lowest BCUT2D eigenvalue weighted by molar-refractivity contribution is -0.152. The van der Waals surface area contributed by atoms with Gasteiger partial charge in [0.25, 0.3) is 0 Å². The monoisotopic (exact) mass is 449 g/mol. The van der Waals surface area contributed by atoms with Crippen LogP contribution in [0.5, 0.6) is 0 Å². The molecule has 3 rings (SSSR count). The summed E-state index contributed by atoms with van der Waals surface area (Å²) in [5, 5.41) is 23.3. The largest absolute Gasteiger partial charge is 0.481 e. The number of halogens is 2. The highest BCUT2D eigenvalue weighted by Crippen LogP contribution is 2.51. The van der Waals surface area contributed by atoms with E-state index >= 15 is 0 Å². The van der Waals surface area contributed by atoms with Gasteiger partial charge in [-0.05, 0) is 54.2 Å². The molecule has 0 radical (unpaired) electrons. The van der Waals surface area contributed by atoms with Crippen LogP contribution in [0.4, 0.5) is 0 Å². The van der Waals surface area contributed by atoms with Crippen molar-refractivity contribution in [2.24, 2.45) is 11.3 Å². The molecule has 160 valence electrons. The molecule has 1 fully saturated rings. The Labute approximate surface area is 186 Å². The van der Waals surface area contributed by atoms with E-state index in [-0.39, 0.29) is 36.8 Å². The van der Waals surface area contributed by atoms with Gasteiger partial charge in [0, 0.05) is 22.6 Å². The molecule has 0 bridgehead atoms. The first-order chi connectivity index (χ1) is 14.3.